The number of hydrogen-bond acceptors (Lipinski definition) is 21. The predicted molar refractivity (Wildman–Crippen MR) is 324 cm³/mol. The van der Waals surface area contributed by atoms with Gasteiger partial charge in [0, 0.05) is 106 Å². The highest BCUT2D eigenvalue weighted by Crippen LogP contribution is 2.40. The third-order valence-electron chi connectivity index (χ3n) is 14.8. The third kappa shape index (κ3) is 16.5. The van der Waals surface area contributed by atoms with Crippen LogP contribution in [-0.2, 0) is 28.2 Å². The van der Waals surface area contributed by atoms with E-state index in [0.29, 0.717) is 11.6 Å². The standard InChI is InChI=1S/C26H33N5O4S.C15H19N3O.C9H20O2Si.C8H10N2O2S/c1-33-22-7-6-19-5-3-8-27-24(19)25(22)30-10-4-9-29(11-12-30)21(17-23(32)34-2)20-18-36-26(28-20)31-13-15-35-16-14-31;1-19-13-6-5-12-4-2-8-17-14(12)15(13)18-10-3-7-16-9-11-18;1-8(10-5)11-12(6,7)9(2,3)4;11-5-7-6-13-8(9-7)10-1-3-12-4-2-10/h3,5-8,18,21H,4,9-17H2,1-2H3;2,4-6,8,16H,3,7,9-11H2,1H3;1H2,2-7H3;5-6H,1-4H2. The molecule has 19 nitrogen and oxygen atoms in total. The number of nitrogens with zero attached hydrogens (tertiary/aromatic N) is 9. The molecule has 10 rings (SSSR count). The number of aldehydes is 1. The van der Waals surface area contributed by atoms with Crippen LogP contribution >= 0.6 is 22.7 Å². The molecular formula is C58H82N10O9S2Si. The molecule has 4 aliphatic rings. The summed E-state index contributed by atoms with van der Waals surface area (Å²) < 4.78 is 37.6. The molecule has 4 aliphatic heterocycles. The summed E-state index contributed by atoms with van der Waals surface area (Å²) in [6, 6.07) is 16.2. The predicted octanol–water partition coefficient (Wildman–Crippen LogP) is 9.31. The summed E-state index contributed by atoms with van der Waals surface area (Å²) in [4.78, 5) is 52.7. The van der Waals surface area contributed by atoms with Crippen molar-refractivity contribution in [1.29, 1.82) is 0 Å². The number of methoxy groups -OCH3 is 4. The highest BCUT2D eigenvalue weighted by molar-refractivity contribution is 7.14. The topological polar surface area (TPSA) is 179 Å². The second kappa shape index (κ2) is 30.1. The lowest BCUT2D eigenvalue weighted by atomic mass is 10.1. The number of esters is 1. The molecule has 4 fully saturated rings. The van der Waals surface area contributed by atoms with Gasteiger partial charge in [0.05, 0.1) is 84.1 Å². The zero-order valence-electron chi connectivity index (χ0n) is 48.2. The third-order valence-corrected chi connectivity index (χ3v) is 21.0. The Morgan fingerprint density at radius 1 is 0.700 bits per heavy atom. The first-order valence-electron chi connectivity index (χ1n) is 27.5. The SMILES string of the molecule is C=C(OC)O[Si](C)(C)C(C)(C)C.COC(=O)CC(c1csc(N2CCOCC2)n1)N1CCCN(c2c(OC)ccc3cccnc23)CC1.COc1ccc2cccnc2c1N1CCCNCC1.O=Cc1csc(N2CCOCC2)n1. The first kappa shape index (κ1) is 61.5. The van der Waals surface area contributed by atoms with E-state index in [1.165, 1.54) is 18.4 Å². The van der Waals surface area contributed by atoms with Crippen LogP contribution in [-0.4, -0.2) is 179 Å². The van der Waals surface area contributed by atoms with Crippen LogP contribution in [0.2, 0.25) is 18.1 Å². The van der Waals surface area contributed by atoms with Gasteiger partial charge in [-0.1, -0.05) is 32.9 Å². The van der Waals surface area contributed by atoms with Gasteiger partial charge in [0.2, 0.25) is 0 Å². The van der Waals surface area contributed by atoms with Gasteiger partial charge in [-0.05, 0) is 80.5 Å². The number of carbonyl (C=O) groups is 2. The van der Waals surface area contributed by atoms with Crippen LogP contribution in [0.5, 0.6) is 11.5 Å². The van der Waals surface area contributed by atoms with E-state index in [1.807, 2.05) is 36.7 Å². The first-order valence-corrected chi connectivity index (χ1v) is 32.1. The molecule has 22 heteroatoms. The molecule has 2 aromatic carbocycles. The summed E-state index contributed by atoms with van der Waals surface area (Å²) in [5, 5.41) is 11.7. The van der Waals surface area contributed by atoms with Gasteiger partial charge in [0.25, 0.3) is 14.3 Å². The Balaban J connectivity index is 0.000000175. The summed E-state index contributed by atoms with van der Waals surface area (Å²) in [6.07, 6.45) is 6.83. The molecule has 0 aliphatic carbocycles. The van der Waals surface area contributed by atoms with E-state index in [0.717, 1.165) is 185 Å². The quantitative estimate of drug-likeness (QED) is 0.0472. The molecule has 4 saturated heterocycles. The van der Waals surface area contributed by atoms with Crippen LogP contribution in [0.3, 0.4) is 0 Å². The number of anilines is 4. The normalized spacial score (nSPS) is 16.8. The van der Waals surface area contributed by atoms with Crippen LogP contribution in [0.4, 0.5) is 21.6 Å². The van der Waals surface area contributed by atoms with Gasteiger partial charge in [-0.25, -0.2) is 9.97 Å². The van der Waals surface area contributed by atoms with Crippen molar-refractivity contribution in [1.82, 2.24) is 30.2 Å². The maximum atomic E-state index is 12.4. The van der Waals surface area contributed by atoms with E-state index >= 15 is 0 Å². The van der Waals surface area contributed by atoms with E-state index in [-0.39, 0.29) is 23.5 Å². The minimum Gasteiger partial charge on any atom is -0.519 e. The van der Waals surface area contributed by atoms with Gasteiger partial charge < -0.3 is 57.8 Å². The molecule has 434 valence electrons. The number of pyridine rings is 2. The first-order chi connectivity index (χ1) is 38.7. The van der Waals surface area contributed by atoms with Crippen molar-refractivity contribution in [2.24, 2.45) is 0 Å². The van der Waals surface area contributed by atoms with Gasteiger partial charge in [-0.3, -0.25) is 24.5 Å². The molecule has 1 atom stereocenters. The van der Waals surface area contributed by atoms with E-state index in [4.69, 9.17) is 37.8 Å². The fraction of sp³-hybridized carbons (Fsp3) is 0.517. The largest absolute Gasteiger partial charge is 0.519 e. The number of benzene rings is 2. The molecular weight excluding hydrogens is 1070 g/mol. The van der Waals surface area contributed by atoms with Crippen molar-refractivity contribution >= 4 is 86.7 Å². The Hall–Kier alpha value is -6.14. The van der Waals surface area contributed by atoms with E-state index in [2.05, 4.69) is 115 Å². The molecule has 6 aromatic rings. The van der Waals surface area contributed by atoms with Crippen molar-refractivity contribution in [3.05, 3.63) is 95.6 Å². The zero-order chi connectivity index (χ0) is 57.1. The van der Waals surface area contributed by atoms with E-state index in [1.54, 1.807) is 38.0 Å². The lowest BCUT2D eigenvalue weighted by molar-refractivity contribution is -0.142. The molecule has 0 radical (unpaired) electrons. The lowest BCUT2D eigenvalue weighted by Gasteiger charge is -2.36. The van der Waals surface area contributed by atoms with Crippen molar-refractivity contribution < 1.29 is 42.4 Å². The summed E-state index contributed by atoms with van der Waals surface area (Å²) in [7, 11) is 4.75. The Morgan fingerprint density at radius 3 is 1.80 bits per heavy atom. The van der Waals surface area contributed by atoms with E-state index < -0.39 is 8.32 Å². The number of aromatic nitrogens is 4. The Bertz CT molecular complexity index is 2900. The number of nitrogens with one attached hydrogen (secondary N) is 1. The molecule has 1 unspecified atom stereocenters. The van der Waals surface area contributed by atoms with Crippen molar-refractivity contribution in [2.45, 2.75) is 64.2 Å². The Kier molecular flexibility index (Phi) is 23.1. The molecule has 0 saturated carbocycles. The van der Waals surface area contributed by atoms with Gasteiger partial charge in [0.1, 0.15) is 28.6 Å². The average Bonchev–Trinajstić information content (AvgIpc) is 4.04. The fourth-order valence-corrected chi connectivity index (χ4v) is 12.1. The fourth-order valence-electron chi connectivity index (χ4n) is 9.41. The smallest absolute Gasteiger partial charge is 0.307 e. The van der Waals surface area contributed by atoms with Crippen LogP contribution < -0.4 is 34.4 Å². The number of thiazole rings is 2. The zero-order valence-corrected chi connectivity index (χ0v) is 50.9. The summed E-state index contributed by atoms with van der Waals surface area (Å²) in [5.41, 5.74) is 5.60. The van der Waals surface area contributed by atoms with Gasteiger partial charge >= 0.3 is 5.97 Å². The monoisotopic (exact) mass is 1150 g/mol. The number of fused-ring (bicyclic) bond motifs is 2. The number of hydrogen-bond donors (Lipinski definition) is 1. The van der Waals surface area contributed by atoms with Crippen LogP contribution in [0, 0.1) is 0 Å². The summed E-state index contributed by atoms with van der Waals surface area (Å²) >= 11 is 3.15. The summed E-state index contributed by atoms with van der Waals surface area (Å²) in [5.74, 6) is 1.95. The van der Waals surface area contributed by atoms with Crippen molar-refractivity contribution in [3.8, 4) is 11.5 Å². The Labute approximate surface area is 481 Å². The minimum absolute atomic E-state index is 0.129. The molecule has 1 N–H and O–H groups in total. The van der Waals surface area contributed by atoms with Crippen molar-refractivity contribution in [2.75, 3.05) is 153 Å². The van der Waals surface area contributed by atoms with Gasteiger partial charge in [0.15, 0.2) is 16.5 Å². The molecule has 8 heterocycles. The second-order valence-electron chi connectivity index (χ2n) is 21.0. The second-order valence-corrected chi connectivity index (χ2v) is 27.4. The average molecular weight is 1160 g/mol. The van der Waals surface area contributed by atoms with Crippen LogP contribution in [0.15, 0.2) is 84.2 Å². The minimum atomic E-state index is -1.71. The van der Waals surface area contributed by atoms with Crippen LogP contribution in [0.25, 0.3) is 21.8 Å². The molecule has 80 heavy (non-hydrogen) atoms. The van der Waals surface area contributed by atoms with Crippen molar-refractivity contribution in [3.63, 3.8) is 0 Å². The van der Waals surface area contributed by atoms with Crippen LogP contribution in [0.1, 0.15) is 62.3 Å². The molecule has 0 amide bonds. The van der Waals surface area contributed by atoms with Gasteiger partial charge in [-0.15, -0.1) is 22.7 Å². The number of carbonyl (C=O) groups excluding carboxylic acids is 2. The molecule has 0 bridgehead atoms. The molecule has 4 aromatic heterocycles. The number of rotatable bonds is 14. The van der Waals surface area contributed by atoms with Gasteiger partial charge in [-0.2, -0.15) is 0 Å². The molecule has 0 spiro atoms. The highest BCUT2D eigenvalue weighted by atomic mass is 32.1. The Morgan fingerprint density at radius 2 is 1.26 bits per heavy atom. The lowest BCUT2D eigenvalue weighted by Crippen LogP contribution is -2.40. The highest BCUT2D eigenvalue weighted by Gasteiger charge is 2.39. The maximum absolute atomic E-state index is 12.4. The maximum Gasteiger partial charge on any atom is 0.307 e. The van der Waals surface area contributed by atoms with E-state index in [9.17, 15) is 9.59 Å². The number of morpholine rings is 2. The summed E-state index contributed by atoms with van der Waals surface area (Å²) in [6.45, 7) is 28.3. The number of ether oxygens (including phenoxy) is 6.